The molecule has 35 heavy (non-hydrogen) atoms. The van der Waals surface area contributed by atoms with Crippen LogP contribution in [0.4, 0.5) is 11.4 Å². The summed E-state index contributed by atoms with van der Waals surface area (Å²) in [6.07, 6.45) is 0.687. The number of methoxy groups -OCH3 is 2. The lowest BCUT2D eigenvalue weighted by Gasteiger charge is -2.10. The van der Waals surface area contributed by atoms with Gasteiger partial charge in [0.2, 0.25) is 0 Å². The van der Waals surface area contributed by atoms with Crippen molar-refractivity contribution in [3.8, 4) is 11.5 Å². The van der Waals surface area contributed by atoms with Crippen LogP contribution in [0.15, 0.2) is 97.1 Å². The molecule has 0 saturated heterocycles. The molecule has 0 heterocycles. The summed E-state index contributed by atoms with van der Waals surface area (Å²) in [5.74, 6) is 0.873. The number of ether oxygens (including phenoxy) is 2. The summed E-state index contributed by atoms with van der Waals surface area (Å²) in [7, 11) is 3.14. The first kappa shape index (κ1) is 23.6. The van der Waals surface area contributed by atoms with Gasteiger partial charge >= 0.3 is 0 Å². The SMILES string of the molecule is COc1cccc(C(=O)Nc2ccc(Cc3cccc(NC(=O)c4cccc(OC)c4)c3)cc2)c1. The van der Waals surface area contributed by atoms with Gasteiger partial charge in [-0.2, -0.15) is 0 Å². The molecule has 0 bridgehead atoms. The van der Waals surface area contributed by atoms with E-state index >= 15 is 0 Å². The topological polar surface area (TPSA) is 76.7 Å². The number of carbonyl (C=O) groups is 2. The molecular formula is C29H26N2O4. The Balaban J connectivity index is 1.38. The van der Waals surface area contributed by atoms with Crippen LogP contribution in [0.1, 0.15) is 31.8 Å². The summed E-state index contributed by atoms with van der Waals surface area (Å²) >= 11 is 0. The Morgan fingerprint density at radius 2 is 1.14 bits per heavy atom. The van der Waals surface area contributed by atoms with Crippen LogP contribution in [0.5, 0.6) is 11.5 Å². The molecule has 0 aromatic heterocycles. The van der Waals surface area contributed by atoms with Gasteiger partial charge in [0, 0.05) is 22.5 Å². The maximum Gasteiger partial charge on any atom is 0.255 e. The van der Waals surface area contributed by atoms with E-state index in [2.05, 4.69) is 10.6 Å². The van der Waals surface area contributed by atoms with Gasteiger partial charge in [0.25, 0.3) is 11.8 Å². The van der Waals surface area contributed by atoms with E-state index in [9.17, 15) is 9.59 Å². The monoisotopic (exact) mass is 466 g/mol. The molecule has 4 aromatic carbocycles. The molecule has 0 atom stereocenters. The van der Waals surface area contributed by atoms with Crippen molar-refractivity contribution in [1.82, 2.24) is 0 Å². The number of amides is 2. The first-order chi connectivity index (χ1) is 17.0. The standard InChI is InChI=1S/C29H26N2O4/c1-34-26-10-4-7-22(18-26)28(32)30-24-14-12-20(13-15-24)16-21-6-3-9-25(17-21)31-29(33)23-8-5-11-27(19-23)35-2/h3-15,17-19H,16H2,1-2H3,(H,30,32)(H,31,33). The Morgan fingerprint density at radius 3 is 1.71 bits per heavy atom. The van der Waals surface area contributed by atoms with Crippen LogP contribution >= 0.6 is 0 Å². The lowest BCUT2D eigenvalue weighted by Crippen LogP contribution is -2.12. The normalized spacial score (nSPS) is 10.3. The predicted octanol–water partition coefficient (Wildman–Crippen LogP) is 5.80. The third-order valence-electron chi connectivity index (χ3n) is 5.47. The second-order valence-electron chi connectivity index (χ2n) is 7.95. The molecule has 2 amide bonds. The molecule has 0 saturated carbocycles. The van der Waals surface area contributed by atoms with Crippen molar-refractivity contribution in [2.75, 3.05) is 24.9 Å². The summed E-state index contributed by atoms with van der Waals surface area (Å²) in [5.41, 5.74) is 4.63. The van der Waals surface area contributed by atoms with E-state index in [0.29, 0.717) is 34.7 Å². The van der Waals surface area contributed by atoms with Crippen LogP contribution in [0.25, 0.3) is 0 Å². The van der Waals surface area contributed by atoms with Crippen LogP contribution in [-0.2, 0) is 6.42 Å². The zero-order chi connectivity index (χ0) is 24.6. The number of hydrogen-bond donors (Lipinski definition) is 2. The number of anilines is 2. The zero-order valence-electron chi connectivity index (χ0n) is 19.6. The Hall–Kier alpha value is -4.58. The van der Waals surface area contributed by atoms with E-state index < -0.39 is 0 Å². The highest BCUT2D eigenvalue weighted by molar-refractivity contribution is 6.05. The third-order valence-corrected chi connectivity index (χ3v) is 5.47. The molecule has 6 nitrogen and oxygen atoms in total. The lowest BCUT2D eigenvalue weighted by molar-refractivity contribution is 0.101. The molecule has 6 heteroatoms. The minimum Gasteiger partial charge on any atom is -0.497 e. The van der Waals surface area contributed by atoms with Gasteiger partial charge in [-0.25, -0.2) is 0 Å². The quantitative estimate of drug-likeness (QED) is 0.344. The molecule has 176 valence electrons. The number of nitrogens with one attached hydrogen (secondary N) is 2. The molecule has 0 aliphatic rings. The van der Waals surface area contributed by atoms with E-state index in [1.54, 1.807) is 62.8 Å². The van der Waals surface area contributed by atoms with Crippen molar-refractivity contribution >= 4 is 23.2 Å². The largest absolute Gasteiger partial charge is 0.497 e. The molecule has 0 fully saturated rings. The van der Waals surface area contributed by atoms with E-state index in [4.69, 9.17) is 9.47 Å². The van der Waals surface area contributed by atoms with Crippen LogP contribution in [0.3, 0.4) is 0 Å². The minimum atomic E-state index is -0.198. The molecule has 0 spiro atoms. The summed E-state index contributed by atoms with van der Waals surface area (Å²) in [6, 6.07) is 29.5. The Bertz CT molecular complexity index is 1330. The summed E-state index contributed by atoms with van der Waals surface area (Å²) in [5, 5.41) is 5.84. The third kappa shape index (κ3) is 6.26. The highest BCUT2D eigenvalue weighted by Crippen LogP contribution is 2.20. The second kappa shape index (κ2) is 11.0. The molecule has 0 unspecified atom stereocenters. The lowest BCUT2D eigenvalue weighted by atomic mass is 10.0. The van der Waals surface area contributed by atoms with Crippen molar-refractivity contribution in [2.45, 2.75) is 6.42 Å². The van der Waals surface area contributed by atoms with Crippen LogP contribution in [-0.4, -0.2) is 26.0 Å². The Morgan fingerprint density at radius 1 is 0.600 bits per heavy atom. The van der Waals surface area contributed by atoms with E-state index in [1.165, 1.54) is 0 Å². The van der Waals surface area contributed by atoms with Crippen LogP contribution < -0.4 is 20.1 Å². The van der Waals surface area contributed by atoms with E-state index in [0.717, 1.165) is 16.8 Å². The summed E-state index contributed by atoms with van der Waals surface area (Å²) in [6.45, 7) is 0. The average Bonchev–Trinajstić information content (AvgIpc) is 2.90. The second-order valence-corrected chi connectivity index (χ2v) is 7.95. The van der Waals surface area contributed by atoms with Crippen molar-refractivity contribution in [2.24, 2.45) is 0 Å². The van der Waals surface area contributed by atoms with Crippen molar-refractivity contribution in [3.05, 3.63) is 119 Å². The fourth-order valence-electron chi connectivity index (χ4n) is 3.64. The highest BCUT2D eigenvalue weighted by Gasteiger charge is 2.09. The first-order valence-corrected chi connectivity index (χ1v) is 11.1. The summed E-state index contributed by atoms with van der Waals surface area (Å²) < 4.78 is 10.4. The van der Waals surface area contributed by atoms with E-state index in [-0.39, 0.29) is 11.8 Å². The molecule has 4 aromatic rings. The van der Waals surface area contributed by atoms with Crippen LogP contribution in [0, 0.1) is 0 Å². The zero-order valence-corrected chi connectivity index (χ0v) is 19.6. The van der Waals surface area contributed by atoms with Gasteiger partial charge in [-0.3, -0.25) is 9.59 Å². The highest BCUT2D eigenvalue weighted by atomic mass is 16.5. The van der Waals surface area contributed by atoms with Gasteiger partial charge in [0.15, 0.2) is 0 Å². The van der Waals surface area contributed by atoms with Gasteiger partial charge in [0.05, 0.1) is 14.2 Å². The van der Waals surface area contributed by atoms with Gasteiger partial charge in [-0.1, -0.05) is 36.4 Å². The molecule has 2 N–H and O–H groups in total. The predicted molar refractivity (Wildman–Crippen MR) is 138 cm³/mol. The van der Waals surface area contributed by atoms with Gasteiger partial charge in [0.1, 0.15) is 11.5 Å². The maximum atomic E-state index is 12.6. The fourth-order valence-corrected chi connectivity index (χ4v) is 3.64. The Labute approximate surface area is 204 Å². The maximum absolute atomic E-state index is 12.6. The number of benzene rings is 4. The van der Waals surface area contributed by atoms with Gasteiger partial charge in [-0.05, 0) is 78.2 Å². The summed E-state index contributed by atoms with van der Waals surface area (Å²) in [4.78, 5) is 25.1. The van der Waals surface area contributed by atoms with Crippen molar-refractivity contribution in [3.63, 3.8) is 0 Å². The van der Waals surface area contributed by atoms with E-state index in [1.807, 2.05) is 48.5 Å². The number of rotatable bonds is 8. The van der Waals surface area contributed by atoms with Crippen molar-refractivity contribution in [1.29, 1.82) is 0 Å². The average molecular weight is 467 g/mol. The molecule has 0 aliphatic heterocycles. The van der Waals surface area contributed by atoms with Crippen molar-refractivity contribution < 1.29 is 19.1 Å². The minimum absolute atomic E-state index is 0.197. The fraction of sp³-hybridized carbons (Fsp3) is 0.103. The Kier molecular flexibility index (Phi) is 7.43. The molecule has 0 radical (unpaired) electrons. The molecular weight excluding hydrogens is 440 g/mol. The number of hydrogen-bond acceptors (Lipinski definition) is 4. The molecule has 0 aliphatic carbocycles. The molecule has 4 rings (SSSR count). The number of carbonyl (C=O) groups excluding carboxylic acids is 2. The van der Waals surface area contributed by atoms with Gasteiger partial charge in [-0.15, -0.1) is 0 Å². The first-order valence-electron chi connectivity index (χ1n) is 11.1. The van der Waals surface area contributed by atoms with Gasteiger partial charge < -0.3 is 20.1 Å². The van der Waals surface area contributed by atoms with Crippen LogP contribution in [0.2, 0.25) is 0 Å². The smallest absolute Gasteiger partial charge is 0.255 e.